The predicted octanol–water partition coefficient (Wildman–Crippen LogP) is 4.45. The van der Waals surface area contributed by atoms with E-state index in [0.717, 1.165) is 18.6 Å². The molecular formula is C20H25NOS. The number of carbonyl (C=O) groups excluding carboxylic acids is 1. The van der Waals surface area contributed by atoms with E-state index < -0.39 is 0 Å². The van der Waals surface area contributed by atoms with Crippen LogP contribution in [0, 0.1) is 0 Å². The molecule has 0 fully saturated rings. The Morgan fingerprint density at radius 2 is 1.52 bits per heavy atom. The lowest BCUT2D eigenvalue weighted by Gasteiger charge is -2.17. The highest BCUT2D eigenvalue weighted by atomic mass is 32.2. The van der Waals surface area contributed by atoms with Gasteiger partial charge in [-0.2, -0.15) is 0 Å². The molecule has 0 spiro atoms. The summed E-state index contributed by atoms with van der Waals surface area (Å²) in [5.74, 6) is 1.000. The van der Waals surface area contributed by atoms with Crippen LogP contribution in [0.5, 0.6) is 0 Å². The van der Waals surface area contributed by atoms with Gasteiger partial charge in [0, 0.05) is 11.8 Å². The summed E-state index contributed by atoms with van der Waals surface area (Å²) in [6.45, 7) is 4.06. The van der Waals surface area contributed by atoms with Gasteiger partial charge in [0.25, 0.3) is 0 Å². The normalized spacial score (nSPS) is 13.3. The Kier molecular flexibility index (Phi) is 7.21. The molecule has 0 aromatic heterocycles. The van der Waals surface area contributed by atoms with Crippen molar-refractivity contribution in [2.24, 2.45) is 0 Å². The second-order valence-electron chi connectivity index (χ2n) is 5.87. The van der Waals surface area contributed by atoms with Crippen molar-refractivity contribution < 1.29 is 4.79 Å². The fraction of sp³-hybridized carbons (Fsp3) is 0.350. The van der Waals surface area contributed by atoms with Gasteiger partial charge in [-0.05, 0) is 37.8 Å². The van der Waals surface area contributed by atoms with Crippen LogP contribution in [0.2, 0.25) is 0 Å². The summed E-state index contributed by atoms with van der Waals surface area (Å²) < 4.78 is 0. The van der Waals surface area contributed by atoms with E-state index in [1.165, 1.54) is 11.1 Å². The fourth-order valence-corrected chi connectivity index (χ4v) is 3.19. The molecule has 2 nitrogen and oxygen atoms in total. The molecule has 3 heteroatoms. The number of benzene rings is 2. The van der Waals surface area contributed by atoms with Crippen molar-refractivity contribution in [1.82, 2.24) is 5.32 Å². The molecule has 0 radical (unpaired) electrons. The van der Waals surface area contributed by atoms with Gasteiger partial charge in [-0.3, -0.25) is 4.79 Å². The maximum Gasteiger partial charge on any atom is 0.233 e. The van der Waals surface area contributed by atoms with Crippen LogP contribution in [0.1, 0.15) is 31.4 Å². The van der Waals surface area contributed by atoms with Gasteiger partial charge in [-0.25, -0.2) is 0 Å². The number of hydrogen-bond donors (Lipinski definition) is 1. The van der Waals surface area contributed by atoms with E-state index in [-0.39, 0.29) is 17.2 Å². The second kappa shape index (κ2) is 9.41. The Morgan fingerprint density at radius 1 is 0.957 bits per heavy atom. The molecule has 23 heavy (non-hydrogen) atoms. The zero-order valence-corrected chi connectivity index (χ0v) is 14.7. The minimum absolute atomic E-state index is 0.0330. The molecular weight excluding hydrogens is 302 g/mol. The molecule has 2 aromatic rings. The quantitative estimate of drug-likeness (QED) is 0.776. The molecule has 0 aliphatic heterocycles. The van der Waals surface area contributed by atoms with Crippen LogP contribution in [0.15, 0.2) is 60.7 Å². The van der Waals surface area contributed by atoms with E-state index in [2.05, 4.69) is 48.6 Å². The molecule has 0 aliphatic carbocycles. The van der Waals surface area contributed by atoms with Crippen LogP contribution >= 0.6 is 11.8 Å². The largest absolute Gasteiger partial charge is 0.353 e. The first-order valence-electron chi connectivity index (χ1n) is 8.15. The van der Waals surface area contributed by atoms with Crippen LogP contribution < -0.4 is 5.32 Å². The average molecular weight is 327 g/mol. The van der Waals surface area contributed by atoms with Crippen LogP contribution in [-0.4, -0.2) is 17.2 Å². The van der Waals surface area contributed by atoms with E-state index >= 15 is 0 Å². The number of carbonyl (C=O) groups is 1. The summed E-state index contributed by atoms with van der Waals surface area (Å²) in [5, 5.41) is 3.09. The van der Waals surface area contributed by atoms with Gasteiger partial charge in [0.15, 0.2) is 0 Å². The SMILES string of the molecule is C[C@H](CCc1ccccc1)NC(=O)[C@H](C)SCc1ccccc1. The smallest absolute Gasteiger partial charge is 0.233 e. The summed E-state index contributed by atoms with van der Waals surface area (Å²) in [6.07, 6.45) is 1.96. The van der Waals surface area contributed by atoms with Crippen LogP contribution in [0.4, 0.5) is 0 Å². The van der Waals surface area contributed by atoms with Gasteiger partial charge in [-0.1, -0.05) is 60.7 Å². The first-order chi connectivity index (χ1) is 11.1. The highest BCUT2D eigenvalue weighted by Crippen LogP contribution is 2.18. The Labute approximate surface area is 143 Å². The summed E-state index contributed by atoms with van der Waals surface area (Å²) in [7, 11) is 0. The molecule has 1 amide bonds. The molecule has 0 saturated heterocycles. The third-order valence-electron chi connectivity index (χ3n) is 3.81. The number of thioether (sulfide) groups is 1. The van der Waals surface area contributed by atoms with Crippen LogP contribution in [0.3, 0.4) is 0 Å². The van der Waals surface area contributed by atoms with Crippen LogP contribution in [-0.2, 0) is 17.0 Å². The van der Waals surface area contributed by atoms with Gasteiger partial charge >= 0.3 is 0 Å². The van der Waals surface area contributed by atoms with Crippen molar-refractivity contribution in [3.8, 4) is 0 Å². The molecule has 1 N–H and O–H groups in total. The fourth-order valence-electron chi connectivity index (χ4n) is 2.33. The molecule has 122 valence electrons. The number of aryl methyl sites for hydroxylation is 1. The van der Waals surface area contributed by atoms with Gasteiger partial charge < -0.3 is 5.32 Å². The van der Waals surface area contributed by atoms with Crippen molar-refractivity contribution in [3.63, 3.8) is 0 Å². The minimum Gasteiger partial charge on any atom is -0.353 e. The Hall–Kier alpha value is -1.74. The first-order valence-corrected chi connectivity index (χ1v) is 9.20. The zero-order valence-electron chi connectivity index (χ0n) is 13.9. The number of hydrogen-bond acceptors (Lipinski definition) is 2. The molecule has 0 bridgehead atoms. The highest BCUT2D eigenvalue weighted by molar-refractivity contribution is 7.99. The second-order valence-corrected chi connectivity index (χ2v) is 7.20. The summed E-state index contributed by atoms with van der Waals surface area (Å²) in [6, 6.07) is 20.9. The monoisotopic (exact) mass is 327 g/mol. The van der Waals surface area contributed by atoms with E-state index in [1.807, 2.05) is 31.2 Å². The Balaban J connectivity index is 1.70. The molecule has 0 unspecified atom stereocenters. The lowest BCUT2D eigenvalue weighted by molar-refractivity contribution is -0.120. The van der Waals surface area contributed by atoms with Crippen molar-refractivity contribution in [1.29, 1.82) is 0 Å². The number of amides is 1. The van der Waals surface area contributed by atoms with E-state index in [9.17, 15) is 4.79 Å². The summed E-state index contributed by atoms with van der Waals surface area (Å²) in [5.41, 5.74) is 2.58. The highest BCUT2D eigenvalue weighted by Gasteiger charge is 2.15. The van der Waals surface area contributed by atoms with Gasteiger partial charge in [0.05, 0.1) is 5.25 Å². The topological polar surface area (TPSA) is 29.1 Å². The summed E-state index contributed by atoms with van der Waals surface area (Å²) in [4.78, 5) is 12.3. The molecule has 0 heterocycles. The standard InChI is InChI=1S/C20H25NOS/c1-16(13-14-18-9-5-3-6-10-18)21-20(22)17(2)23-15-19-11-7-4-8-12-19/h3-12,16-17H,13-15H2,1-2H3,(H,21,22)/t16-,17+/m1/s1. The summed E-state index contributed by atoms with van der Waals surface area (Å²) >= 11 is 1.68. The Morgan fingerprint density at radius 3 is 2.13 bits per heavy atom. The predicted molar refractivity (Wildman–Crippen MR) is 99.6 cm³/mol. The first kappa shape index (κ1) is 17.6. The van der Waals surface area contributed by atoms with Gasteiger partial charge in [0.2, 0.25) is 5.91 Å². The van der Waals surface area contributed by atoms with Crippen LogP contribution in [0.25, 0.3) is 0 Å². The lowest BCUT2D eigenvalue weighted by atomic mass is 10.1. The van der Waals surface area contributed by atoms with Gasteiger partial charge in [-0.15, -0.1) is 11.8 Å². The molecule has 0 aliphatic rings. The van der Waals surface area contributed by atoms with Crippen molar-refractivity contribution in [2.45, 2.75) is 43.7 Å². The van der Waals surface area contributed by atoms with Crippen molar-refractivity contribution >= 4 is 17.7 Å². The number of rotatable bonds is 8. The molecule has 2 aromatic carbocycles. The van der Waals surface area contributed by atoms with Crippen molar-refractivity contribution in [2.75, 3.05) is 0 Å². The van der Waals surface area contributed by atoms with Gasteiger partial charge in [0.1, 0.15) is 0 Å². The molecule has 2 rings (SSSR count). The van der Waals surface area contributed by atoms with Crippen molar-refractivity contribution in [3.05, 3.63) is 71.8 Å². The van der Waals surface area contributed by atoms with E-state index in [1.54, 1.807) is 11.8 Å². The zero-order chi connectivity index (χ0) is 16.5. The maximum atomic E-state index is 12.3. The third-order valence-corrected chi connectivity index (χ3v) is 5.02. The van der Waals surface area contributed by atoms with E-state index in [4.69, 9.17) is 0 Å². The minimum atomic E-state index is -0.0330. The average Bonchev–Trinajstić information content (AvgIpc) is 2.59. The molecule has 0 saturated carbocycles. The Bertz CT molecular complexity index is 585. The lowest BCUT2D eigenvalue weighted by Crippen LogP contribution is -2.37. The third kappa shape index (κ3) is 6.49. The van der Waals surface area contributed by atoms with E-state index in [0.29, 0.717) is 0 Å². The number of nitrogens with one attached hydrogen (secondary N) is 1. The maximum absolute atomic E-state index is 12.3. The molecule has 2 atom stereocenters.